The van der Waals surface area contributed by atoms with Gasteiger partial charge in [-0.15, -0.1) is 10.2 Å². The standard InChI is InChI=1S/C19H17N3O6/c1-25-13-4-3-10(7-14(13)26-2)18(23)22-21-17-11-8-15-16(28-6-5-27-15)9-12(11)20-19(17)24/h3-4,7-9,20,24H,5-6H2,1-2H3. The van der Waals surface area contributed by atoms with Crippen molar-refractivity contribution in [2.45, 2.75) is 0 Å². The number of nitrogens with zero attached hydrogens (tertiary/aromatic N) is 2. The SMILES string of the molecule is COc1ccc(C(=O)N=Nc2c(O)[nH]c3cc4c(cc23)OCCO4)cc1OC. The Kier molecular flexibility index (Phi) is 4.48. The minimum absolute atomic E-state index is 0.140. The number of nitrogens with one attached hydrogen (secondary N) is 1. The number of H-pyrrole nitrogens is 1. The molecule has 144 valence electrons. The molecule has 0 spiro atoms. The van der Waals surface area contributed by atoms with Gasteiger partial charge in [0, 0.05) is 17.0 Å². The van der Waals surface area contributed by atoms with E-state index in [0.29, 0.717) is 47.1 Å². The molecule has 2 heterocycles. The molecule has 1 aliphatic rings. The molecule has 1 amide bonds. The lowest BCUT2D eigenvalue weighted by molar-refractivity contribution is 0.0994. The number of aromatic hydroxyl groups is 1. The van der Waals surface area contributed by atoms with Crippen molar-refractivity contribution in [3.8, 4) is 28.9 Å². The monoisotopic (exact) mass is 383 g/mol. The highest BCUT2D eigenvalue weighted by molar-refractivity contribution is 5.98. The molecule has 4 rings (SSSR count). The molecule has 0 saturated heterocycles. The Labute approximate surface area is 159 Å². The lowest BCUT2D eigenvalue weighted by Crippen LogP contribution is -2.15. The number of amides is 1. The van der Waals surface area contributed by atoms with Gasteiger partial charge in [-0.25, -0.2) is 0 Å². The molecular formula is C19H17N3O6. The summed E-state index contributed by atoms with van der Waals surface area (Å²) in [5, 5.41) is 18.4. The minimum atomic E-state index is -0.591. The molecule has 2 aromatic carbocycles. The van der Waals surface area contributed by atoms with Gasteiger partial charge in [0.25, 0.3) is 5.91 Å². The number of rotatable bonds is 4. The first-order valence-corrected chi connectivity index (χ1v) is 8.43. The highest BCUT2D eigenvalue weighted by atomic mass is 16.6. The van der Waals surface area contributed by atoms with Crippen LogP contribution in [-0.4, -0.2) is 43.4 Å². The van der Waals surface area contributed by atoms with Gasteiger partial charge in [-0.1, -0.05) is 0 Å². The second-order valence-corrected chi connectivity index (χ2v) is 5.94. The van der Waals surface area contributed by atoms with Crippen molar-refractivity contribution in [1.29, 1.82) is 0 Å². The van der Waals surface area contributed by atoms with Crippen LogP contribution in [0, 0.1) is 0 Å². The van der Waals surface area contributed by atoms with Crippen molar-refractivity contribution in [2.24, 2.45) is 10.2 Å². The minimum Gasteiger partial charge on any atom is -0.493 e. The number of methoxy groups -OCH3 is 2. The number of hydrogen-bond donors (Lipinski definition) is 2. The van der Waals surface area contributed by atoms with Crippen molar-refractivity contribution in [1.82, 2.24) is 4.98 Å². The van der Waals surface area contributed by atoms with E-state index >= 15 is 0 Å². The average Bonchev–Trinajstić information content (AvgIpc) is 3.03. The van der Waals surface area contributed by atoms with Crippen molar-refractivity contribution in [2.75, 3.05) is 27.4 Å². The summed E-state index contributed by atoms with van der Waals surface area (Å²) in [4.78, 5) is 15.2. The van der Waals surface area contributed by atoms with Gasteiger partial charge in [0.15, 0.2) is 28.7 Å². The van der Waals surface area contributed by atoms with E-state index in [4.69, 9.17) is 18.9 Å². The molecule has 28 heavy (non-hydrogen) atoms. The van der Waals surface area contributed by atoms with Crippen LogP contribution in [0.1, 0.15) is 10.4 Å². The van der Waals surface area contributed by atoms with E-state index in [1.165, 1.54) is 20.3 Å². The maximum absolute atomic E-state index is 12.4. The van der Waals surface area contributed by atoms with Crippen LogP contribution in [0.2, 0.25) is 0 Å². The summed E-state index contributed by atoms with van der Waals surface area (Å²) in [5.74, 6) is 1.22. The number of aromatic amines is 1. The Hall–Kier alpha value is -3.75. The van der Waals surface area contributed by atoms with Crippen molar-refractivity contribution in [3.05, 3.63) is 35.9 Å². The number of carbonyl (C=O) groups is 1. The zero-order valence-electron chi connectivity index (χ0n) is 15.2. The van der Waals surface area contributed by atoms with Gasteiger partial charge in [0.05, 0.1) is 19.7 Å². The molecule has 0 bridgehead atoms. The van der Waals surface area contributed by atoms with Crippen LogP contribution in [0.5, 0.6) is 28.9 Å². The van der Waals surface area contributed by atoms with Gasteiger partial charge >= 0.3 is 0 Å². The third kappa shape index (κ3) is 3.07. The summed E-state index contributed by atoms with van der Waals surface area (Å²) in [6, 6.07) is 8.07. The van der Waals surface area contributed by atoms with Crippen LogP contribution in [0.15, 0.2) is 40.6 Å². The van der Waals surface area contributed by atoms with Gasteiger partial charge in [-0.3, -0.25) is 4.79 Å². The zero-order valence-corrected chi connectivity index (χ0v) is 15.2. The number of azo groups is 1. The number of hydrogen-bond acceptors (Lipinski definition) is 7. The van der Waals surface area contributed by atoms with Gasteiger partial charge in [0.1, 0.15) is 13.2 Å². The second-order valence-electron chi connectivity index (χ2n) is 5.94. The Bertz CT molecular complexity index is 1090. The summed E-state index contributed by atoms with van der Waals surface area (Å²) < 4.78 is 21.4. The first kappa shape index (κ1) is 17.7. The summed E-state index contributed by atoms with van der Waals surface area (Å²) in [7, 11) is 2.98. The first-order valence-electron chi connectivity index (χ1n) is 8.43. The second kappa shape index (κ2) is 7.10. The predicted molar refractivity (Wildman–Crippen MR) is 99.3 cm³/mol. The molecule has 0 atom stereocenters. The normalized spacial score (nSPS) is 13.1. The van der Waals surface area contributed by atoms with Gasteiger partial charge in [-0.05, 0) is 24.3 Å². The molecule has 0 unspecified atom stereocenters. The van der Waals surface area contributed by atoms with Crippen LogP contribution in [0.3, 0.4) is 0 Å². The Morgan fingerprint density at radius 2 is 1.79 bits per heavy atom. The molecule has 1 aromatic heterocycles. The Morgan fingerprint density at radius 3 is 2.50 bits per heavy atom. The predicted octanol–water partition coefficient (Wildman–Crippen LogP) is 3.59. The fourth-order valence-electron chi connectivity index (χ4n) is 2.93. The van der Waals surface area contributed by atoms with E-state index in [2.05, 4.69) is 15.2 Å². The molecule has 0 aliphatic carbocycles. The zero-order chi connectivity index (χ0) is 19.7. The highest BCUT2D eigenvalue weighted by Gasteiger charge is 2.18. The highest BCUT2D eigenvalue weighted by Crippen LogP contribution is 2.42. The van der Waals surface area contributed by atoms with E-state index in [0.717, 1.165) is 0 Å². The van der Waals surface area contributed by atoms with E-state index in [1.54, 1.807) is 24.3 Å². The number of aromatic nitrogens is 1. The molecule has 3 aromatic rings. The summed E-state index contributed by atoms with van der Waals surface area (Å²) in [6.45, 7) is 0.890. The lowest BCUT2D eigenvalue weighted by Gasteiger charge is -2.17. The number of fused-ring (bicyclic) bond motifs is 2. The van der Waals surface area contributed by atoms with Gasteiger partial charge in [0.2, 0.25) is 5.88 Å². The van der Waals surface area contributed by atoms with Crippen molar-refractivity contribution in [3.63, 3.8) is 0 Å². The molecule has 9 heteroatoms. The summed E-state index contributed by atoms with van der Waals surface area (Å²) in [5.41, 5.74) is 1.00. The largest absolute Gasteiger partial charge is 0.493 e. The average molecular weight is 383 g/mol. The topological polar surface area (TPSA) is 115 Å². The fourth-order valence-corrected chi connectivity index (χ4v) is 2.93. The lowest BCUT2D eigenvalue weighted by atomic mass is 10.2. The van der Waals surface area contributed by atoms with Gasteiger partial charge < -0.3 is 29.0 Å². The van der Waals surface area contributed by atoms with E-state index in [1.807, 2.05) is 0 Å². The maximum Gasteiger partial charge on any atom is 0.295 e. The van der Waals surface area contributed by atoms with Crippen LogP contribution in [0.25, 0.3) is 10.9 Å². The molecule has 1 aliphatic heterocycles. The molecule has 0 fully saturated rings. The van der Waals surface area contributed by atoms with Crippen LogP contribution in [0.4, 0.5) is 5.69 Å². The number of carbonyl (C=O) groups excluding carboxylic acids is 1. The molecule has 2 N–H and O–H groups in total. The third-order valence-corrected chi connectivity index (χ3v) is 4.29. The smallest absolute Gasteiger partial charge is 0.295 e. The van der Waals surface area contributed by atoms with E-state index in [9.17, 15) is 9.90 Å². The molecule has 0 radical (unpaired) electrons. The Balaban J connectivity index is 1.66. The summed E-state index contributed by atoms with van der Waals surface area (Å²) >= 11 is 0. The molecule has 9 nitrogen and oxygen atoms in total. The first-order chi connectivity index (χ1) is 13.6. The van der Waals surface area contributed by atoms with Crippen molar-refractivity contribution >= 4 is 22.5 Å². The van der Waals surface area contributed by atoms with E-state index in [-0.39, 0.29) is 17.1 Å². The van der Waals surface area contributed by atoms with Crippen LogP contribution >= 0.6 is 0 Å². The van der Waals surface area contributed by atoms with Crippen LogP contribution in [-0.2, 0) is 0 Å². The van der Waals surface area contributed by atoms with Crippen molar-refractivity contribution < 1.29 is 28.8 Å². The van der Waals surface area contributed by atoms with Crippen LogP contribution < -0.4 is 18.9 Å². The fraction of sp³-hybridized carbons (Fsp3) is 0.211. The molecular weight excluding hydrogens is 366 g/mol. The summed E-state index contributed by atoms with van der Waals surface area (Å²) in [6.07, 6.45) is 0. The number of ether oxygens (including phenoxy) is 4. The molecule has 0 saturated carbocycles. The number of benzene rings is 2. The Morgan fingerprint density at radius 1 is 1.07 bits per heavy atom. The maximum atomic E-state index is 12.4. The van der Waals surface area contributed by atoms with E-state index < -0.39 is 5.91 Å². The quantitative estimate of drug-likeness (QED) is 0.666. The third-order valence-electron chi connectivity index (χ3n) is 4.29. The van der Waals surface area contributed by atoms with Gasteiger partial charge in [-0.2, -0.15) is 0 Å².